The van der Waals surface area contributed by atoms with E-state index in [-0.39, 0.29) is 23.6 Å². The smallest absolute Gasteiger partial charge is 0.337 e. The van der Waals surface area contributed by atoms with Gasteiger partial charge in [0.15, 0.2) is 11.5 Å². The fraction of sp³-hybridized carbons (Fsp3) is 0.0556. The Morgan fingerprint density at radius 2 is 1.92 bits per heavy atom. The maximum atomic E-state index is 12.3. The van der Waals surface area contributed by atoms with Crippen molar-refractivity contribution in [3.8, 4) is 17.6 Å². The van der Waals surface area contributed by atoms with E-state index >= 15 is 0 Å². The predicted molar refractivity (Wildman–Crippen MR) is 88.2 cm³/mol. The van der Waals surface area contributed by atoms with Gasteiger partial charge in [0.25, 0.3) is 5.91 Å². The molecule has 2 aromatic carbocycles. The fourth-order valence-electron chi connectivity index (χ4n) is 2.29. The van der Waals surface area contributed by atoms with Crippen molar-refractivity contribution in [3.63, 3.8) is 0 Å². The van der Waals surface area contributed by atoms with Crippen LogP contribution in [0, 0.1) is 11.3 Å². The van der Waals surface area contributed by atoms with Gasteiger partial charge >= 0.3 is 5.97 Å². The number of fused-ring (bicyclic) bond motifs is 1. The van der Waals surface area contributed by atoms with Crippen LogP contribution in [-0.2, 0) is 4.79 Å². The van der Waals surface area contributed by atoms with Crippen LogP contribution >= 0.6 is 0 Å². The number of hydrogen-bond donors (Lipinski definition) is 2. The number of rotatable bonds is 4. The molecule has 0 spiro atoms. The molecule has 0 bridgehead atoms. The first kappa shape index (κ1) is 16.1. The quantitative estimate of drug-likeness (QED) is 0.656. The van der Waals surface area contributed by atoms with E-state index in [0.717, 1.165) is 0 Å². The van der Waals surface area contributed by atoms with Crippen LogP contribution in [0.4, 0.5) is 5.69 Å². The van der Waals surface area contributed by atoms with Crippen LogP contribution in [0.2, 0.25) is 0 Å². The van der Waals surface area contributed by atoms with Crippen LogP contribution < -0.4 is 14.8 Å². The van der Waals surface area contributed by atoms with E-state index in [4.69, 9.17) is 14.6 Å². The van der Waals surface area contributed by atoms with E-state index in [0.29, 0.717) is 17.1 Å². The minimum absolute atomic E-state index is 0.0591. The summed E-state index contributed by atoms with van der Waals surface area (Å²) in [5.41, 5.74) is 0.476. The van der Waals surface area contributed by atoms with Crippen molar-refractivity contribution in [1.82, 2.24) is 0 Å². The van der Waals surface area contributed by atoms with Gasteiger partial charge in [0.05, 0.1) is 11.3 Å². The number of hydrogen-bond acceptors (Lipinski definition) is 5. The summed E-state index contributed by atoms with van der Waals surface area (Å²) in [5, 5.41) is 20.8. The molecule has 1 heterocycles. The van der Waals surface area contributed by atoms with E-state index in [1.165, 1.54) is 18.2 Å². The van der Waals surface area contributed by atoms with Crippen LogP contribution in [0.15, 0.2) is 48.0 Å². The number of nitrogens with one attached hydrogen (secondary N) is 1. The molecular weight excluding hydrogens is 324 g/mol. The van der Waals surface area contributed by atoms with Gasteiger partial charge in [-0.05, 0) is 35.9 Å². The Bertz CT molecular complexity index is 927. The lowest BCUT2D eigenvalue weighted by atomic mass is 10.1. The van der Waals surface area contributed by atoms with Gasteiger partial charge in [0, 0.05) is 0 Å². The average Bonchev–Trinajstić information content (AvgIpc) is 3.07. The summed E-state index contributed by atoms with van der Waals surface area (Å²) in [5.74, 6) is -0.749. The van der Waals surface area contributed by atoms with Gasteiger partial charge in [0.2, 0.25) is 6.79 Å². The normalized spacial score (nSPS) is 12.4. The molecule has 7 heteroatoms. The second-order valence-electron chi connectivity index (χ2n) is 5.09. The molecule has 0 radical (unpaired) electrons. The number of carbonyl (C=O) groups excluding carboxylic acids is 1. The highest BCUT2D eigenvalue weighted by Crippen LogP contribution is 2.33. The standard InChI is InChI=1S/C18H12N2O5/c19-9-12(7-11-5-6-15-16(8-11)25-10-24-15)17(21)20-14-4-2-1-3-13(14)18(22)23/h1-8H,10H2,(H,20,21)(H,22,23). The van der Waals surface area contributed by atoms with Crippen molar-refractivity contribution in [2.45, 2.75) is 0 Å². The highest BCUT2D eigenvalue weighted by Gasteiger charge is 2.16. The van der Waals surface area contributed by atoms with Crippen molar-refractivity contribution in [1.29, 1.82) is 5.26 Å². The molecule has 25 heavy (non-hydrogen) atoms. The first-order valence-corrected chi connectivity index (χ1v) is 7.23. The van der Waals surface area contributed by atoms with Gasteiger partial charge in [-0.2, -0.15) is 5.26 Å². The molecule has 1 amide bonds. The predicted octanol–water partition coefficient (Wildman–Crippen LogP) is 2.66. The molecule has 124 valence electrons. The van der Waals surface area contributed by atoms with Crippen molar-refractivity contribution >= 4 is 23.6 Å². The number of carboxylic acids is 1. The number of anilines is 1. The molecule has 1 aliphatic rings. The first-order chi connectivity index (χ1) is 12.1. The molecule has 2 aromatic rings. The van der Waals surface area contributed by atoms with Crippen LogP contribution in [-0.4, -0.2) is 23.8 Å². The molecule has 2 N–H and O–H groups in total. The third kappa shape index (κ3) is 3.43. The molecule has 0 saturated carbocycles. The summed E-state index contributed by atoms with van der Waals surface area (Å²) >= 11 is 0. The van der Waals surface area contributed by atoms with Crippen molar-refractivity contribution < 1.29 is 24.2 Å². The van der Waals surface area contributed by atoms with Crippen molar-refractivity contribution in [3.05, 3.63) is 59.2 Å². The molecule has 0 saturated heterocycles. The number of aromatic carboxylic acids is 1. The number of nitrogens with zero attached hydrogens (tertiary/aromatic N) is 1. The summed E-state index contributed by atoms with van der Waals surface area (Å²) in [6, 6.07) is 12.8. The lowest BCUT2D eigenvalue weighted by Crippen LogP contribution is -2.16. The highest BCUT2D eigenvalue weighted by atomic mass is 16.7. The molecular formula is C18H12N2O5. The summed E-state index contributed by atoms with van der Waals surface area (Å²) in [7, 11) is 0. The highest BCUT2D eigenvalue weighted by molar-refractivity contribution is 6.11. The molecule has 0 unspecified atom stereocenters. The number of carboxylic acid groups (broad SMARTS) is 1. The summed E-state index contributed by atoms with van der Waals surface area (Å²) < 4.78 is 10.5. The number of nitriles is 1. The molecule has 0 atom stereocenters. The SMILES string of the molecule is N#CC(=Cc1ccc2c(c1)OCO2)C(=O)Nc1ccccc1C(=O)O. The average molecular weight is 336 g/mol. The Kier molecular flexibility index (Phi) is 4.35. The Morgan fingerprint density at radius 1 is 1.16 bits per heavy atom. The fourth-order valence-corrected chi connectivity index (χ4v) is 2.29. The second-order valence-corrected chi connectivity index (χ2v) is 5.09. The van der Waals surface area contributed by atoms with Crippen molar-refractivity contribution in [2.24, 2.45) is 0 Å². The van der Waals surface area contributed by atoms with E-state index in [1.807, 2.05) is 6.07 Å². The van der Waals surface area contributed by atoms with Crippen LogP contribution in [0.1, 0.15) is 15.9 Å². The van der Waals surface area contributed by atoms with Gasteiger partial charge in [-0.3, -0.25) is 4.79 Å². The monoisotopic (exact) mass is 336 g/mol. The number of carbonyl (C=O) groups is 2. The molecule has 1 aliphatic heterocycles. The Labute approximate surface area is 142 Å². The van der Waals surface area contributed by atoms with E-state index in [2.05, 4.69) is 5.32 Å². The number of benzene rings is 2. The number of para-hydroxylation sites is 1. The zero-order chi connectivity index (χ0) is 17.8. The summed E-state index contributed by atoms with van der Waals surface area (Å²) in [6.07, 6.45) is 1.39. The Balaban J connectivity index is 1.85. The van der Waals surface area contributed by atoms with E-state index < -0.39 is 11.9 Å². The number of ether oxygens (including phenoxy) is 2. The minimum atomic E-state index is -1.17. The topological polar surface area (TPSA) is 109 Å². The van der Waals surface area contributed by atoms with Crippen molar-refractivity contribution in [2.75, 3.05) is 12.1 Å². The zero-order valence-corrected chi connectivity index (χ0v) is 12.9. The Hall–Kier alpha value is -3.79. The first-order valence-electron chi connectivity index (χ1n) is 7.23. The molecule has 0 fully saturated rings. The molecule has 0 aromatic heterocycles. The van der Waals surface area contributed by atoms with Gasteiger partial charge < -0.3 is 19.9 Å². The molecule has 0 aliphatic carbocycles. The third-order valence-electron chi connectivity index (χ3n) is 3.48. The van der Waals surface area contributed by atoms with Crippen LogP contribution in [0.3, 0.4) is 0 Å². The van der Waals surface area contributed by atoms with E-state index in [9.17, 15) is 14.9 Å². The van der Waals surface area contributed by atoms with Crippen LogP contribution in [0.5, 0.6) is 11.5 Å². The molecule has 7 nitrogen and oxygen atoms in total. The lowest BCUT2D eigenvalue weighted by Gasteiger charge is -2.07. The maximum Gasteiger partial charge on any atom is 0.337 e. The molecule has 3 rings (SSSR count). The van der Waals surface area contributed by atoms with Gasteiger partial charge in [-0.1, -0.05) is 18.2 Å². The second kappa shape index (κ2) is 6.76. The Morgan fingerprint density at radius 3 is 2.68 bits per heavy atom. The van der Waals surface area contributed by atoms with Gasteiger partial charge in [-0.15, -0.1) is 0 Å². The van der Waals surface area contributed by atoms with E-state index in [1.54, 1.807) is 30.3 Å². The minimum Gasteiger partial charge on any atom is -0.478 e. The van der Waals surface area contributed by atoms with Gasteiger partial charge in [0.1, 0.15) is 11.6 Å². The zero-order valence-electron chi connectivity index (χ0n) is 12.9. The number of amides is 1. The lowest BCUT2D eigenvalue weighted by molar-refractivity contribution is -0.112. The van der Waals surface area contributed by atoms with Crippen LogP contribution in [0.25, 0.3) is 6.08 Å². The maximum absolute atomic E-state index is 12.3. The summed E-state index contributed by atoms with van der Waals surface area (Å²) in [4.78, 5) is 23.5. The third-order valence-corrected chi connectivity index (χ3v) is 3.48. The largest absolute Gasteiger partial charge is 0.478 e. The summed E-state index contributed by atoms with van der Waals surface area (Å²) in [6.45, 7) is 0.125. The van der Waals surface area contributed by atoms with Gasteiger partial charge in [-0.25, -0.2) is 4.79 Å².